The van der Waals surface area contributed by atoms with Crippen LogP contribution in [0.15, 0.2) is 36.7 Å². The Balaban J connectivity index is 1.73. The molecule has 0 bridgehead atoms. The molecule has 1 aromatic heterocycles. The number of carbonyl (C=O) groups is 1. The van der Waals surface area contributed by atoms with Crippen LogP contribution in [0.25, 0.3) is 0 Å². The molecular weight excluding hydrogens is 271 g/mol. The molecule has 0 atom stereocenters. The molecule has 1 aliphatic heterocycles. The molecule has 2 aromatic rings. The molecule has 3 rings (SSSR count). The van der Waals surface area contributed by atoms with Gasteiger partial charge in [0.1, 0.15) is 5.82 Å². The second kappa shape index (κ2) is 5.87. The van der Waals surface area contributed by atoms with E-state index in [1.165, 1.54) is 12.1 Å². The van der Waals surface area contributed by atoms with Crippen LogP contribution in [0.2, 0.25) is 0 Å². The Labute approximate surface area is 122 Å². The predicted molar refractivity (Wildman–Crippen MR) is 78.2 cm³/mol. The summed E-state index contributed by atoms with van der Waals surface area (Å²) >= 11 is 0. The number of benzene rings is 1. The first-order valence-electron chi connectivity index (χ1n) is 6.79. The average Bonchev–Trinajstić information content (AvgIpc) is 2.56. The van der Waals surface area contributed by atoms with Gasteiger partial charge in [-0.15, -0.1) is 0 Å². The highest BCUT2D eigenvalue weighted by atomic mass is 19.1. The van der Waals surface area contributed by atoms with E-state index in [1.54, 1.807) is 24.5 Å². The minimum Gasteiger partial charge on any atom is -0.367 e. The molecule has 21 heavy (non-hydrogen) atoms. The highest BCUT2D eigenvalue weighted by Crippen LogP contribution is 2.22. The van der Waals surface area contributed by atoms with E-state index in [0.29, 0.717) is 17.8 Å². The van der Waals surface area contributed by atoms with E-state index in [4.69, 9.17) is 0 Å². The number of nitrogens with zero attached hydrogens (tertiary/aromatic N) is 4. The van der Waals surface area contributed by atoms with E-state index in [-0.39, 0.29) is 0 Å². The van der Waals surface area contributed by atoms with Crippen molar-refractivity contribution < 1.29 is 9.18 Å². The van der Waals surface area contributed by atoms with E-state index in [9.17, 15) is 9.18 Å². The van der Waals surface area contributed by atoms with Crippen molar-refractivity contribution in [2.75, 3.05) is 36.0 Å². The Morgan fingerprint density at radius 3 is 2.38 bits per heavy atom. The van der Waals surface area contributed by atoms with Gasteiger partial charge in [0, 0.05) is 49.8 Å². The van der Waals surface area contributed by atoms with Gasteiger partial charge in [0.25, 0.3) is 0 Å². The Kier molecular flexibility index (Phi) is 3.77. The molecular formula is C15H15FN4O. The summed E-state index contributed by atoms with van der Waals surface area (Å²) in [5.74, 6) is 0.323. The molecule has 0 amide bonds. The third-order valence-electron chi connectivity index (χ3n) is 3.57. The largest absolute Gasteiger partial charge is 0.367 e. The fraction of sp³-hybridized carbons (Fsp3) is 0.267. The Morgan fingerprint density at radius 2 is 1.71 bits per heavy atom. The Morgan fingerprint density at radius 1 is 1.05 bits per heavy atom. The third kappa shape index (κ3) is 2.84. The van der Waals surface area contributed by atoms with Crippen molar-refractivity contribution in [2.24, 2.45) is 0 Å². The summed E-state index contributed by atoms with van der Waals surface area (Å²) in [5, 5.41) is 0. The van der Waals surface area contributed by atoms with Gasteiger partial charge in [-0.25, -0.2) is 14.4 Å². The van der Waals surface area contributed by atoms with E-state index in [1.807, 2.05) is 0 Å². The lowest BCUT2D eigenvalue weighted by Gasteiger charge is -2.36. The van der Waals surface area contributed by atoms with Gasteiger partial charge >= 0.3 is 0 Å². The number of rotatable bonds is 3. The smallest absolute Gasteiger partial charge is 0.225 e. The fourth-order valence-electron chi connectivity index (χ4n) is 2.51. The molecule has 0 spiro atoms. The normalized spacial score (nSPS) is 15.1. The third-order valence-corrected chi connectivity index (χ3v) is 3.57. The number of piperazine rings is 1. The standard InChI is InChI=1S/C15H15FN4O/c16-13-2-3-14(12(10-13)11-21)19-6-8-20(9-7-19)15-17-4-1-5-18-15/h1-5,10-11H,6-9H2. The van der Waals surface area contributed by atoms with E-state index >= 15 is 0 Å². The van der Waals surface area contributed by atoms with Gasteiger partial charge in [-0.2, -0.15) is 0 Å². The van der Waals surface area contributed by atoms with Gasteiger partial charge in [-0.05, 0) is 24.3 Å². The number of aldehydes is 1. The molecule has 1 aromatic carbocycles. The molecule has 0 N–H and O–H groups in total. The van der Waals surface area contributed by atoms with Crippen molar-refractivity contribution in [1.29, 1.82) is 0 Å². The van der Waals surface area contributed by atoms with Crippen molar-refractivity contribution >= 4 is 17.9 Å². The summed E-state index contributed by atoms with van der Waals surface area (Å²) in [5.41, 5.74) is 1.17. The van der Waals surface area contributed by atoms with Crippen LogP contribution in [-0.2, 0) is 0 Å². The maximum atomic E-state index is 13.2. The van der Waals surface area contributed by atoms with E-state index < -0.39 is 5.82 Å². The topological polar surface area (TPSA) is 49.3 Å². The first-order chi connectivity index (χ1) is 10.3. The minimum absolute atomic E-state index is 0.388. The van der Waals surface area contributed by atoms with Crippen LogP contribution in [0.5, 0.6) is 0 Å². The summed E-state index contributed by atoms with van der Waals surface area (Å²) in [7, 11) is 0. The first kappa shape index (κ1) is 13.5. The molecule has 2 heterocycles. The highest BCUT2D eigenvalue weighted by molar-refractivity contribution is 5.84. The first-order valence-corrected chi connectivity index (χ1v) is 6.79. The maximum Gasteiger partial charge on any atom is 0.225 e. The van der Waals surface area contributed by atoms with Crippen LogP contribution in [0.4, 0.5) is 16.0 Å². The molecule has 1 saturated heterocycles. The molecule has 0 radical (unpaired) electrons. The monoisotopic (exact) mass is 286 g/mol. The lowest BCUT2D eigenvalue weighted by atomic mass is 10.1. The number of halogens is 1. The van der Waals surface area contributed by atoms with Crippen LogP contribution in [0.1, 0.15) is 10.4 Å². The minimum atomic E-state index is -0.392. The maximum absolute atomic E-state index is 13.2. The van der Waals surface area contributed by atoms with Crippen molar-refractivity contribution in [1.82, 2.24) is 9.97 Å². The Hall–Kier alpha value is -2.50. The molecule has 0 aliphatic carbocycles. The molecule has 0 saturated carbocycles. The van der Waals surface area contributed by atoms with Gasteiger partial charge in [0.05, 0.1) is 0 Å². The number of aromatic nitrogens is 2. The van der Waals surface area contributed by atoms with Gasteiger partial charge < -0.3 is 9.80 Å². The second-order valence-corrected chi connectivity index (χ2v) is 4.84. The number of anilines is 2. The van der Waals surface area contributed by atoms with Crippen LogP contribution in [0, 0.1) is 5.82 Å². The zero-order chi connectivity index (χ0) is 14.7. The highest BCUT2D eigenvalue weighted by Gasteiger charge is 2.20. The molecule has 5 nitrogen and oxygen atoms in total. The van der Waals surface area contributed by atoms with E-state index in [2.05, 4.69) is 19.8 Å². The van der Waals surface area contributed by atoms with Gasteiger partial charge in [0.2, 0.25) is 5.95 Å². The summed E-state index contributed by atoms with van der Waals surface area (Å²) < 4.78 is 13.2. The SMILES string of the molecule is O=Cc1cc(F)ccc1N1CCN(c2ncccn2)CC1. The van der Waals surface area contributed by atoms with Crippen LogP contribution >= 0.6 is 0 Å². The number of carbonyl (C=O) groups excluding carboxylic acids is 1. The quantitative estimate of drug-likeness (QED) is 0.805. The van der Waals surface area contributed by atoms with Crippen LogP contribution in [-0.4, -0.2) is 42.4 Å². The summed E-state index contributed by atoms with van der Waals surface area (Å²) in [4.78, 5) is 23.7. The zero-order valence-electron chi connectivity index (χ0n) is 11.4. The van der Waals surface area contributed by atoms with Crippen molar-refractivity contribution in [3.05, 3.63) is 48.0 Å². The molecule has 108 valence electrons. The summed E-state index contributed by atoms with van der Waals surface area (Å²) in [6.45, 7) is 3.01. The second-order valence-electron chi connectivity index (χ2n) is 4.84. The number of hydrogen-bond donors (Lipinski definition) is 0. The molecule has 1 aliphatic rings. The Bertz CT molecular complexity index is 627. The summed E-state index contributed by atoms with van der Waals surface area (Å²) in [6.07, 6.45) is 4.14. The molecule has 6 heteroatoms. The zero-order valence-corrected chi connectivity index (χ0v) is 11.4. The molecule has 1 fully saturated rings. The molecule has 0 unspecified atom stereocenters. The lowest BCUT2D eigenvalue weighted by Crippen LogP contribution is -2.47. The fourth-order valence-corrected chi connectivity index (χ4v) is 2.51. The van der Waals surface area contributed by atoms with Gasteiger partial charge in [0.15, 0.2) is 6.29 Å². The average molecular weight is 286 g/mol. The van der Waals surface area contributed by atoms with Gasteiger partial charge in [-0.3, -0.25) is 4.79 Å². The predicted octanol–water partition coefficient (Wildman–Crippen LogP) is 1.75. The van der Waals surface area contributed by atoms with Crippen molar-refractivity contribution in [3.8, 4) is 0 Å². The summed E-state index contributed by atoms with van der Waals surface area (Å²) in [6, 6.07) is 6.10. The van der Waals surface area contributed by atoms with Crippen molar-refractivity contribution in [2.45, 2.75) is 0 Å². The van der Waals surface area contributed by atoms with E-state index in [0.717, 1.165) is 31.9 Å². The number of hydrogen-bond acceptors (Lipinski definition) is 5. The van der Waals surface area contributed by atoms with Gasteiger partial charge in [-0.1, -0.05) is 0 Å². The lowest BCUT2D eigenvalue weighted by molar-refractivity contribution is 0.112. The van der Waals surface area contributed by atoms with Crippen molar-refractivity contribution in [3.63, 3.8) is 0 Å². The van der Waals surface area contributed by atoms with Crippen LogP contribution < -0.4 is 9.80 Å². The van der Waals surface area contributed by atoms with Crippen LogP contribution in [0.3, 0.4) is 0 Å².